The molecular weight excluding hydrogens is 210 g/mol. The Morgan fingerprint density at radius 1 is 1.53 bits per heavy atom. The van der Waals surface area contributed by atoms with Gasteiger partial charge in [0, 0.05) is 13.1 Å². The van der Waals surface area contributed by atoms with Crippen LogP contribution in [0.25, 0.3) is 0 Å². The number of carboxylic acids is 1. The minimum absolute atomic E-state index is 0.413. The Morgan fingerprint density at radius 2 is 2.33 bits per heavy atom. The zero-order chi connectivity index (χ0) is 10.8. The van der Waals surface area contributed by atoms with E-state index >= 15 is 0 Å². The summed E-state index contributed by atoms with van der Waals surface area (Å²) in [5.41, 5.74) is 1.42. The number of aromatic carboxylic acids is 1. The van der Waals surface area contributed by atoms with Crippen LogP contribution < -0.4 is 4.90 Å². The summed E-state index contributed by atoms with van der Waals surface area (Å²) in [4.78, 5) is 13.4. The van der Waals surface area contributed by atoms with E-state index in [4.69, 9.17) is 5.11 Å². The number of nitrogens with zero attached hydrogens (tertiary/aromatic N) is 1. The molecule has 0 spiro atoms. The zero-order valence-electron chi connectivity index (χ0n) is 8.56. The van der Waals surface area contributed by atoms with E-state index in [1.165, 1.54) is 16.9 Å². The van der Waals surface area contributed by atoms with Crippen LogP contribution in [0.1, 0.15) is 23.0 Å². The highest BCUT2D eigenvalue weighted by Crippen LogP contribution is 2.28. The molecule has 0 radical (unpaired) electrons. The van der Waals surface area contributed by atoms with E-state index in [0.29, 0.717) is 4.88 Å². The molecule has 0 saturated heterocycles. The van der Waals surface area contributed by atoms with Gasteiger partial charge in [0.2, 0.25) is 0 Å². The molecule has 1 aliphatic heterocycles. The fraction of sp³-hybridized carbons (Fsp3) is 0.364. The first kappa shape index (κ1) is 10.2. The van der Waals surface area contributed by atoms with Gasteiger partial charge in [0.15, 0.2) is 0 Å². The molecule has 4 heteroatoms. The number of rotatable bonds is 2. The summed E-state index contributed by atoms with van der Waals surface area (Å²) >= 11 is 1.35. The van der Waals surface area contributed by atoms with Gasteiger partial charge < -0.3 is 10.0 Å². The Balaban J connectivity index is 2.13. The molecule has 0 saturated carbocycles. The van der Waals surface area contributed by atoms with E-state index in [9.17, 15) is 4.79 Å². The highest BCUT2D eigenvalue weighted by molar-refractivity contribution is 7.17. The van der Waals surface area contributed by atoms with Crippen molar-refractivity contribution in [3.63, 3.8) is 0 Å². The van der Waals surface area contributed by atoms with Crippen LogP contribution in [0.15, 0.2) is 23.8 Å². The Kier molecular flexibility index (Phi) is 2.77. The van der Waals surface area contributed by atoms with Crippen molar-refractivity contribution in [2.75, 3.05) is 18.0 Å². The van der Waals surface area contributed by atoms with E-state index < -0.39 is 5.97 Å². The van der Waals surface area contributed by atoms with Crippen molar-refractivity contribution >= 4 is 22.3 Å². The molecule has 1 aromatic rings. The van der Waals surface area contributed by atoms with Crippen molar-refractivity contribution in [2.45, 2.75) is 13.3 Å². The molecule has 0 fully saturated rings. The second-order valence-electron chi connectivity index (χ2n) is 3.69. The maximum absolute atomic E-state index is 10.7. The van der Waals surface area contributed by atoms with Crippen LogP contribution in [-0.4, -0.2) is 24.2 Å². The first-order chi connectivity index (χ1) is 7.16. The van der Waals surface area contributed by atoms with Gasteiger partial charge in [-0.05, 0) is 25.5 Å². The number of hydrogen-bond acceptors (Lipinski definition) is 3. The molecule has 0 unspecified atom stereocenters. The molecule has 1 aromatic heterocycles. The Hall–Kier alpha value is -1.29. The summed E-state index contributed by atoms with van der Waals surface area (Å²) in [7, 11) is 0. The highest BCUT2D eigenvalue weighted by Gasteiger charge is 2.14. The first-order valence-corrected chi connectivity index (χ1v) is 5.72. The van der Waals surface area contributed by atoms with Crippen molar-refractivity contribution in [1.82, 2.24) is 0 Å². The molecule has 80 valence electrons. The van der Waals surface area contributed by atoms with E-state index in [-0.39, 0.29) is 0 Å². The molecule has 15 heavy (non-hydrogen) atoms. The van der Waals surface area contributed by atoms with Crippen LogP contribution in [0.5, 0.6) is 0 Å². The van der Waals surface area contributed by atoms with Gasteiger partial charge in [-0.25, -0.2) is 4.79 Å². The van der Waals surface area contributed by atoms with E-state index in [1.807, 2.05) is 6.07 Å². The molecule has 0 bridgehead atoms. The first-order valence-electron chi connectivity index (χ1n) is 4.90. The molecule has 3 nitrogen and oxygen atoms in total. The number of carboxylic acid groups (broad SMARTS) is 1. The van der Waals surface area contributed by atoms with Crippen LogP contribution in [0.2, 0.25) is 0 Å². The van der Waals surface area contributed by atoms with Crippen molar-refractivity contribution in [1.29, 1.82) is 0 Å². The Morgan fingerprint density at radius 3 is 2.87 bits per heavy atom. The van der Waals surface area contributed by atoms with E-state index in [0.717, 1.165) is 24.5 Å². The molecule has 2 rings (SSSR count). The molecule has 0 aliphatic carbocycles. The average molecular weight is 223 g/mol. The summed E-state index contributed by atoms with van der Waals surface area (Å²) < 4.78 is 0. The van der Waals surface area contributed by atoms with Gasteiger partial charge in [-0.1, -0.05) is 11.6 Å². The molecule has 2 heterocycles. The van der Waals surface area contributed by atoms with Gasteiger partial charge in [-0.15, -0.1) is 11.3 Å². The summed E-state index contributed by atoms with van der Waals surface area (Å²) in [5.74, 6) is -0.838. The highest BCUT2D eigenvalue weighted by atomic mass is 32.1. The predicted molar refractivity (Wildman–Crippen MR) is 61.9 cm³/mol. The Bertz CT molecular complexity index is 408. The average Bonchev–Trinajstić information content (AvgIpc) is 2.68. The van der Waals surface area contributed by atoms with E-state index in [2.05, 4.69) is 17.9 Å². The lowest BCUT2D eigenvalue weighted by Gasteiger charge is -2.25. The normalized spacial score (nSPS) is 16.3. The summed E-state index contributed by atoms with van der Waals surface area (Å²) in [5, 5.41) is 9.87. The van der Waals surface area contributed by atoms with Crippen LogP contribution in [-0.2, 0) is 0 Å². The summed E-state index contributed by atoms with van der Waals surface area (Å²) in [6.45, 7) is 4.02. The maximum atomic E-state index is 10.7. The van der Waals surface area contributed by atoms with Gasteiger partial charge in [0.05, 0.1) is 5.00 Å². The Labute approximate surface area is 92.6 Å². The summed E-state index contributed by atoms with van der Waals surface area (Å²) in [6, 6.07) is 3.57. The molecule has 0 aromatic carbocycles. The zero-order valence-corrected chi connectivity index (χ0v) is 9.38. The quantitative estimate of drug-likeness (QED) is 0.783. The maximum Gasteiger partial charge on any atom is 0.345 e. The lowest BCUT2D eigenvalue weighted by Crippen LogP contribution is -2.27. The monoisotopic (exact) mass is 223 g/mol. The lowest BCUT2D eigenvalue weighted by atomic mass is 10.1. The summed E-state index contributed by atoms with van der Waals surface area (Å²) in [6.07, 6.45) is 3.27. The van der Waals surface area contributed by atoms with Gasteiger partial charge in [0.1, 0.15) is 4.88 Å². The standard InChI is InChI=1S/C11H13NO2S/c1-8-4-6-12(7-5-8)10-3-2-9(15-10)11(13)14/h2-4H,5-7H2,1H3,(H,13,14). The van der Waals surface area contributed by atoms with Gasteiger partial charge in [-0.3, -0.25) is 0 Å². The van der Waals surface area contributed by atoms with E-state index in [1.54, 1.807) is 6.07 Å². The van der Waals surface area contributed by atoms with Crippen LogP contribution in [0, 0.1) is 0 Å². The smallest absolute Gasteiger partial charge is 0.345 e. The number of hydrogen-bond donors (Lipinski definition) is 1. The van der Waals surface area contributed by atoms with Crippen molar-refractivity contribution in [3.05, 3.63) is 28.7 Å². The van der Waals surface area contributed by atoms with Crippen LogP contribution >= 0.6 is 11.3 Å². The fourth-order valence-electron chi connectivity index (χ4n) is 1.58. The molecule has 0 atom stereocenters. The minimum Gasteiger partial charge on any atom is -0.477 e. The topological polar surface area (TPSA) is 40.5 Å². The number of anilines is 1. The number of carbonyl (C=O) groups is 1. The van der Waals surface area contributed by atoms with Gasteiger partial charge in [0.25, 0.3) is 0 Å². The predicted octanol–water partition coefficient (Wildman–Crippen LogP) is 2.60. The fourth-order valence-corrected chi connectivity index (χ4v) is 2.46. The van der Waals surface area contributed by atoms with Crippen LogP contribution in [0.3, 0.4) is 0 Å². The lowest BCUT2D eigenvalue weighted by molar-refractivity contribution is 0.0702. The third-order valence-corrected chi connectivity index (χ3v) is 3.68. The van der Waals surface area contributed by atoms with Gasteiger partial charge in [-0.2, -0.15) is 0 Å². The molecule has 1 aliphatic rings. The third kappa shape index (κ3) is 2.21. The van der Waals surface area contributed by atoms with Crippen molar-refractivity contribution < 1.29 is 9.90 Å². The molecular formula is C11H13NO2S. The number of thiophene rings is 1. The SMILES string of the molecule is CC1=CCN(c2ccc(C(=O)O)s2)CC1. The van der Waals surface area contributed by atoms with Crippen LogP contribution in [0.4, 0.5) is 5.00 Å². The second kappa shape index (κ2) is 4.06. The largest absolute Gasteiger partial charge is 0.477 e. The van der Waals surface area contributed by atoms with Crippen molar-refractivity contribution in [2.24, 2.45) is 0 Å². The molecule has 1 N–H and O–H groups in total. The minimum atomic E-state index is -0.838. The van der Waals surface area contributed by atoms with Gasteiger partial charge >= 0.3 is 5.97 Å². The molecule has 0 amide bonds. The third-order valence-electron chi connectivity index (χ3n) is 2.55. The van der Waals surface area contributed by atoms with Crippen molar-refractivity contribution in [3.8, 4) is 0 Å². The second-order valence-corrected chi connectivity index (χ2v) is 4.75.